The Morgan fingerprint density at radius 2 is 1.74 bits per heavy atom. The first kappa shape index (κ1) is 17.1. The Labute approximate surface area is 121 Å². The fourth-order valence-corrected chi connectivity index (χ4v) is 3.99. The first-order chi connectivity index (χ1) is 8.41. The highest BCUT2D eigenvalue weighted by atomic mass is 28.4. The summed E-state index contributed by atoms with van der Waals surface area (Å²) in [5, 5.41) is 0.292. The van der Waals surface area contributed by atoms with Crippen molar-refractivity contribution in [3.8, 4) is 0 Å². The average Bonchev–Trinajstić information content (AvgIpc) is 2.58. The van der Waals surface area contributed by atoms with Crippen LogP contribution >= 0.6 is 0 Å². The molecule has 0 saturated heterocycles. The van der Waals surface area contributed by atoms with Gasteiger partial charge in [-0.3, -0.25) is 0 Å². The molecule has 0 radical (unpaired) electrons. The van der Waals surface area contributed by atoms with Crippen LogP contribution in [0.5, 0.6) is 0 Å². The Bertz CT molecular complexity index is 335. The van der Waals surface area contributed by atoms with Gasteiger partial charge in [-0.25, -0.2) is 0 Å². The molecular formula is C15H32O2Si2. The molecule has 0 aliphatic heterocycles. The van der Waals surface area contributed by atoms with E-state index < -0.39 is 16.6 Å². The molecule has 1 unspecified atom stereocenters. The minimum absolute atomic E-state index is 0.292. The van der Waals surface area contributed by atoms with Crippen LogP contribution in [0, 0.1) is 0 Å². The van der Waals surface area contributed by atoms with Crippen molar-refractivity contribution in [3.05, 3.63) is 11.6 Å². The molecule has 112 valence electrons. The lowest BCUT2D eigenvalue weighted by molar-refractivity contribution is 0.241. The Morgan fingerprint density at radius 3 is 2.21 bits per heavy atom. The van der Waals surface area contributed by atoms with Crippen molar-refractivity contribution in [2.45, 2.75) is 77.5 Å². The van der Waals surface area contributed by atoms with Crippen LogP contribution in [0.2, 0.25) is 37.8 Å². The predicted octanol–water partition coefficient (Wildman–Crippen LogP) is 4.95. The molecule has 0 bridgehead atoms. The van der Waals surface area contributed by atoms with Crippen molar-refractivity contribution in [1.82, 2.24) is 0 Å². The third-order valence-electron chi connectivity index (χ3n) is 4.10. The second kappa shape index (κ2) is 5.84. The molecule has 1 rings (SSSR count). The van der Waals surface area contributed by atoms with Gasteiger partial charge in [0.05, 0.1) is 12.7 Å². The standard InChI is InChI=1S/C15H32O2Si2/c1-15(2,3)19(7,8)16-12-13-9-10-14(11-13)17-18(4,5)6/h11,14H,9-10,12H2,1-8H3. The third kappa shape index (κ3) is 5.54. The molecule has 0 saturated carbocycles. The summed E-state index contributed by atoms with van der Waals surface area (Å²) < 4.78 is 12.4. The maximum Gasteiger partial charge on any atom is 0.192 e. The van der Waals surface area contributed by atoms with Crippen LogP contribution in [-0.2, 0) is 8.85 Å². The van der Waals surface area contributed by atoms with Gasteiger partial charge in [0, 0.05) is 0 Å². The minimum atomic E-state index is -1.61. The molecule has 0 heterocycles. The fraction of sp³-hybridized carbons (Fsp3) is 0.867. The second-order valence-corrected chi connectivity index (χ2v) is 17.5. The average molecular weight is 301 g/mol. The van der Waals surface area contributed by atoms with E-state index in [1.165, 1.54) is 5.57 Å². The van der Waals surface area contributed by atoms with Crippen LogP contribution < -0.4 is 0 Å². The largest absolute Gasteiger partial charge is 0.413 e. The van der Waals surface area contributed by atoms with Crippen molar-refractivity contribution in [2.24, 2.45) is 0 Å². The summed E-state index contributed by atoms with van der Waals surface area (Å²) in [5.74, 6) is 0. The van der Waals surface area contributed by atoms with E-state index in [-0.39, 0.29) is 0 Å². The van der Waals surface area contributed by atoms with Crippen molar-refractivity contribution < 1.29 is 8.85 Å². The molecule has 2 nitrogen and oxygen atoms in total. The number of hydrogen-bond acceptors (Lipinski definition) is 2. The lowest BCUT2D eigenvalue weighted by Crippen LogP contribution is -2.41. The summed E-state index contributed by atoms with van der Waals surface area (Å²) in [6.07, 6.45) is 4.93. The molecule has 1 aliphatic carbocycles. The molecule has 0 aromatic carbocycles. The Hall–Kier alpha value is 0.0938. The zero-order valence-electron chi connectivity index (χ0n) is 14.1. The van der Waals surface area contributed by atoms with Crippen LogP contribution in [0.1, 0.15) is 33.6 Å². The molecule has 1 aliphatic rings. The maximum absolute atomic E-state index is 6.28. The number of hydrogen-bond donors (Lipinski definition) is 0. The fourth-order valence-electron chi connectivity index (χ4n) is 1.91. The van der Waals surface area contributed by atoms with E-state index in [1.54, 1.807) is 0 Å². The molecule has 1 atom stereocenters. The summed E-state index contributed by atoms with van der Waals surface area (Å²) in [5.41, 5.74) is 1.44. The van der Waals surface area contributed by atoms with Crippen molar-refractivity contribution >= 4 is 16.6 Å². The second-order valence-electron chi connectivity index (χ2n) is 8.18. The van der Waals surface area contributed by atoms with Gasteiger partial charge in [0.1, 0.15) is 0 Å². The highest BCUT2D eigenvalue weighted by Crippen LogP contribution is 2.37. The van der Waals surface area contributed by atoms with Crippen molar-refractivity contribution in [1.29, 1.82) is 0 Å². The highest BCUT2D eigenvalue weighted by molar-refractivity contribution is 6.74. The topological polar surface area (TPSA) is 18.5 Å². The lowest BCUT2D eigenvalue weighted by atomic mass is 10.2. The van der Waals surface area contributed by atoms with Crippen LogP contribution in [-0.4, -0.2) is 29.3 Å². The normalized spacial score (nSPS) is 21.7. The lowest BCUT2D eigenvalue weighted by Gasteiger charge is -2.36. The van der Waals surface area contributed by atoms with Crippen LogP contribution in [0.15, 0.2) is 11.6 Å². The van der Waals surface area contributed by atoms with E-state index in [1.807, 2.05) is 0 Å². The zero-order valence-corrected chi connectivity index (χ0v) is 16.1. The van der Waals surface area contributed by atoms with Crippen molar-refractivity contribution in [3.63, 3.8) is 0 Å². The Morgan fingerprint density at radius 1 is 1.16 bits per heavy atom. The molecule has 4 heteroatoms. The predicted molar refractivity (Wildman–Crippen MR) is 88.7 cm³/mol. The van der Waals surface area contributed by atoms with E-state index in [0.29, 0.717) is 11.1 Å². The van der Waals surface area contributed by atoms with Gasteiger partial charge < -0.3 is 8.85 Å². The highest BCUT2D eigenvalue weighted by Gasteiger charge is 2.37. The van der Waals surface area contributed by atoms with Gasteiger partial charge in [0.2, 0.25) is 0 Å². The summed E-state index contributed by atoms with van der Waals surface area (Å²) in [6.45, 7) is 19.1. The molecule has 0 amide bonds. The first-order valence-corrected chi connectivity index (χ1v) is 13.7. The van der Waals surface area contributed by atoms with E-state index in [9.17, 15) is 0 Å². The van der Waals surface area contributed by atoms with E-state index in [4.69, 9.17) is 8.85 Å². The minimum Gasteiger partial charge on any atom is -0.413 e. The first-order valence-electron chi connectivity index (χ1n) is 7.42. The molecular weight excluding hydrogens is 268 g/mol. The van der Waals surface area contributed by atoms with Crippen LogP contribution in [0.4, 0.5) is 0 Å². The number of rotatable bonds is 5. The smallest absolute Gasteiger partial charge is 0.192 e. The zero-order chi connectivity index (χ0) is 14.9. The summed E-state index contributed by atoms with van der Waals surface area (Å²) in [4.78, 5) is 0. The van der Waals surface area contributed by atoms with Gasteiger partial charge in [0.25, 0.3) is 0 Å². The van der Waals surface area contributed by atoms with Gasteiger partial charge in [-0.05, 0) is 56.2 Å². The molecule has 0 spiro atoms. The van der Waals surface area contributed by atoms with Gasteiger partial charge >= 0.3 is 0 Å². The van der Waals surface area contributed by atoms with E-state index >= 15 is 0 Å². The van der Waals surface area contributed by atoms with E-state index in [2.05, 4.69) is 59.6 Å². The Balaban J connectivity index is 2.50. The molecule has 0 fully saturated rings. The SMILES string of the molecule is CC(C)(C)[Si](C)(C)OCC1=CC(O[Si](C)(C)C)CC1. The Kier molecular flexibility index (Phi) is 5.27. The van der Waals surface area contributed by atoms with Gasteiger partial charge in [-0.15, -0.1) is 0 Å². The summed E-state index contributed by atoms with van der Waals surface area (Å²) in [6, 6.07) is 0. The van der Waals surface area contributed by atoms with Crippen LogP contribution in [0.25, 0.3) is 0 Å². The van der Waals surface area contributed by atoms with Gasteiger partial charge in [0.15, 0.2) is 16.6 Å². The molecule has 0 N–H and O–H groups in total. The van der Waals surface area contributed by atoms with Gasteiger partial charge in [-0.1, -0.05) is 26.8 Å². The molecule has 0 aromatic heterocycles. The van der Waals surface area contributed by atoms with Gasteiger partial charge in [-0.2, -0.15) is 0 Å². The van der Waals surface area contributed by atoms with Crippen molar-refractivity contribution in [2.75, 3.05) is 6.61 Å². The third-order valence-corrected chi connectivity index (χ3v) is 9.59. The molecule has 19 heavy (non-hydrogen) atoms. The van der Waals surface area contributed by atoms with E-state index in [0.717, 1.165) is 19.4 Å². The maximum atomic E-state index is 6.28. The van der Waals surface area contributed by atoms with Crippen LogP contribution in [0.3, 0.4) is 0 Å². The molecule has 0 aromatic rings. The quantitative estimate of drug-likeness (QED) is 0.528. The monoisotopic (exact) mass is 300 g/mol. The summed E-state index contributed by atoms with van der Waals surface area (Å²) in [7, 11) is -3.03. The summed E-state index contributed by atoms with van der Waals surface area (Å²) >= 11 is 0.